The third-order valence-corrected chi connectivity index (χ3v) is 8.64. The van der Waals surface area contributed by atoms with Crippen LogP contribution in [0.1, 0.15) is 47.5 Å². The van der Waals surface area contributed by atoms with Gasteiger partial charge >= 0.3 is 19.4 Å². The fourth-order valence-corrected chi connectivity index (χ4v) is 6.13. The van der Waals surface area contributed by atoms with E-state index in [1.54, 1.807) is 24.3 Å². The van der Waals surface area contributed by atoms with Crippen molar-refractivity contribution < 1.29 is 37.4 Å². The molecular weight excluding hydrogens is 584 g/mol. The van der Waals surface area contributed by atoms with E-state index in [1.165, 1.54) is 13.8 Å². The molecule has 1 aliphatic heterocycles. The minimum Gasteiger partial charge on any atom is -0.465 e. The number of aromatic amines is 1. The van der Waals surface area contributed by atoms with Gasteiger partial charge in [0.2, 0.25) is 5.82 Å². The van der Waals surface area contributed by atoms with Gasteiger partial charge in [0.25, 0.3) is 5.56 Å². The summed E-state index contributed by atoms with van der Waals surface area (Å²) in [7, 11) is -4.35. The highest BCUT2D eigenvalue weighted by Crippen LogP contribution is 2.48. The summed E-state index contributed by atoms with van der Waals surface area (Å²) in [6.45, 7) is 8.57. The fourth-order valence-electron chi connectivity index (χ4n) is 4.61. The number of aromatic nitrogens is 2. The summed E-state index contributed by atoms with van der Waals surface area (Å²) in [5, 5.41) is 14.8. The predicted octanol–water partition coefficient (Wildman–Crippen LogP) is 3.81. The van der Waals surface area contributed by atoms with Crippen LogP contribution in [0.2, 0.25) is 0 Å². The summed E-state index contributed by atoms with van der Waals surface area (Å²) in [5.74, 6) is -1.66. The van der Waals surface area contributed by atoms with E-state index in [4.69, 9.17) is 18.5 Å². The van der Waals surface area contributed by atoms with Crippen molar-refractivity contribution in [1.29, 1.82) is 0 Å². The van der Waals surface area contributed by atoms with Crippen LogP contribution in [0.5, 0.6) is 5.75 Å². The number of esters is 1. The first kappa shape index (κ1) is 32.6. The topological polar surface area (TPSA) is 158 Å². The highest BCUT2D eigenvalue weighted by molar-refractivity contribution is 7.52. The molecule has 0 bridgehead atoms. The standard InChI is InChI=1S/C29H37FN3O9P/c1-18(26(36)39-14-13-28(2,3)4)32-43(38,42-23-12-8-10-19-9-6-7-11-20(19)23)40-17-24-22(34)15-29(5,41-24)33-16-21(30)25(35)31-27(33)37/h6-12,16,18,22,24,34H,13-15,17H2,1-5H3,(H,32,38)(H,31,35,37)/t18-,22?,24+,29+,43?/m0/s1. The van der Waals surface area contributed by atoms with Gasteiger partial charge in [-0.15, -0.1) is 0 Å². The highest BCUT2D eigenvalue weighted by Gasteiger charge is 2.46. The first-order valence-corrected chi connectivity index (χ1v) is 15.4. The maximum atomic E-state index is 14.2. The Morgan fingerprint density at radius 3 is 2.67 bits per heavy atom. The van der Waals surface area contributed by atoms with Gasteiger partial charge in [-0.05, 0) is 37.1 Å². The van der Waals surface area contributed by atoms with Crippen LogP contribution in [-0.4, -0.2) is 52.1 Å². The number of hydrogen-bond donors (Lipinski definition) is 3. The van der Waals surface area contributed by atoms with E-state index in [2.05, 4.69) is 5.09 Å². The van der Waals surface area contributed by atoms with E-state index in [9.17, 15) is 28.4 Å². The van der Waals surface area contributed by atoms with E-state index in [0.717, 1.165) is 9.95 Å². The number of ether oxygens (including phenoxy) is 2. The lowest BCUT2D eigenvalue weighted by molar-refractivity contribution is -0.146. The molecule has 234 valence electrons. The van der Waals surface area contributed by atoms with E-state index >= 15 is 0 Å². The minimum absolute atomic E-state index is 0.0601. The molecule has 0 saturated carbocycles. The normalized spacial score (nSPS) is 22.7. The zero-order valence-electron chi connectivity index (χ0n) is 24.7. The SMILES string of the molecule is C[C@H](NP(=O)(OC[C@H]1O[C@@](C)(n2cc(F)c(=O)[nH]c2=O)CC1O)Oc1cccc2ccccc12)C(=O)OCCC(C)(C)C. The van der Waals surface area contributed by atoms with Gasteiger partial charge in [-0.2, -0.15) is 9.48 Å². The Bertz CT molecular complexity index is 1630. The number of fused-ring (bicyclic) bond motifs is 1. The summed E-state index contributed by atoms with van der Waals surface area (Å²) in [6, 6.07) is 11.3. The average Bonchev–Trinajstić information content (AvgIpc) is 3.22. The van der Waals surface area contributed by atoms with E-state index in [1.807, 2.05) is 44.0 Å². The van der Waals surface area contributed by atoms with Gasteiger partial charge in [0.1, 0.15) is 23.6 Å². The molecule has 1 fully saturated rings. The molecule has 1 aliphatic rings. The third kappa shape index (κ3) is 7.98. The first-order valence-electron chi connectivity index (χ1n) is 13.8. The lowest BCUT2D eigenvalue weighted by atomic mass is 9.93. The van der Waals surface area contributed by atoms with E-state index in [-0.39, 0.29) is 24.2 Å². The van der Waals surface area contributed by atoms with Crippen molar-refractivity contribution in [2.24, 2.45) is 5.41 Å². The second kappa shape index (κ2) is 12.7. The molecule has 0 spiro atoms. The molecule has 3 aromatic rings. The van der Waals surface area contributed by atoms with Crippen LogP contribution < -0.4 is 20.9 Å². The van der Waals surface area contributed by atoms with Crippen LogP contribution in [0.3, 0.4) is 0 Å². The second-order valence-electron chi connectivity index (χ2n) is 11.9. The maximum Gasteiger partial charge on any atom is 0.459 e. The number of aliphatic hydroxyl groups excluding tert-OH is 1. The number of nitrogens with one attached hydrogen (secondary N) is 2. The summed E-state index contributed by atoms with van der Waals surface area (Å²) < 4.78 is 51.8. The molecule has 43 heavy (non-hydrogen) atoms. The summed E-state index contributed by atoms with van der Waals surface area (Å²) in [5.41, 5.74) is -3.75. The predicted molar refractivity (Wildman–Crippen MR) is 156 cm³/mol. The second-order valence-corrected chi connectivity index (χ2v) is 13.6. The molecule has 2 aromatic carbocycles. The molecule has 1 saturated heterocycles. The molecule has 2 unspecified atom stereocenters. The number of hydrogen-bond acceptors (Lipinski definition) is 9. The van der Waals surface area contributed by atoms with Crippen molar-refractivity contribution in [3.8, 4) is 5.75 Å². The Balaban J connectivity index is 1.55. The molecule has 12 nitrogen and oxygen atoms in total. The van der Waals surface area contributed by atoms with Crippen LogP contribution in [-0.2, 0) is 29.1 Å². The quantitative estimate of drug-likeness (QED) is 0.212. The number of carbonyl (C=O) groups excluding carboxylic acids is 1. The summed E-state index contributed by atoms with van der Waals surface area (Å²) in [6.07, 6.45) is -1.25. The summed E-state index contributed by atoms with van der Waals surface area (Å²) >= 11 is 0. The number of rotatable bonds is 11. The van der Waals surface area contributed by atoms with Crippen LogP contribution in [0.25, 0.3) is 10.8 Å². The van der Waals surface area contributed by atoms with Crippen molar-refractivity contribution in [2.75, 3.05) is 13.2 Å². The van der Waals surface area contributed by atoms with Crippen molar-refractivity contribution >= 4 is 24.5 Å². The van der Waals surface area contributed by atoms with Gasteiger partial charge in [-0.1, -0.05) is 57.2 Å². The molecule has 1 aromatic heterocycles. The van der Waals surface area contributed by atoms with Gasteiger partial charge in [0, 0.05) is 11.8 Å². The molecule has 2 heterocycles. The number of nitrogens with zero attached hydrogens (tertiary/aromatic N) is 1. The van der Waals surface area contributed by atoms with Gasteiger partial charge in [0.15, 0.2) is 0 Å². The number of halogens is 1. The smallest absolute Gasteiger partial charge is 0.459 e. The maximum absolute atomic E-state index is 14.2. The van der Waals surface area contributed by atoms with Crippen molar-refractivity contribution in [3.63, 3.8) is 0 Å². The number of benzene rings is 2. The Hall–Kier alpha value is -3.35. The number of carbonyl (C=O) groups is 1. The van der Waals surface area contributed by atoms with Gasteiger partial charge in [-0.3, -0.25) is 23.7 Å². The molecule has 0 amide bonds. The molecule has 0 radical (unpaired) electrons. The number of H-pyrrole nitrogens is 1. The monoisotopic (exact) mass is 621 g/mol. The Labute approximate surface area is 247 Å². The van der Waals surface area contributed by atoms with Crippen molar-refractivity contribution in [2.45, 2.75) is 71.4 Å². The highest BCUT2D eigenvalue weighted by atomic mass is 31.2. The van der Waals surface area contributed by atoms with Crippen molar-refractivity contribution in [1.82, 2.24) is 14.6 Å². The Kier molecular flexibility index (Phi) is 9.63. The van der Waals surface area contributed by atoms with Crippen LogP contribution >= 0.6 is 7.75 Å². The van der Waals surface area contributed by atoms with Gasteiger partial charge in [0.05, 0.1) is 25.5 Å². The molecule has 4 rings (SSSR count). The van der Waals surface area contributed by atoms with Crippen LogP contribution in [0.4, 0.5) is 4.39 Å². The largest absolute Gasteiger partial charge is 0.465 e. The molecule has 5 atom stereocenters. The molecule has 14 heteroatoms. The third-order valence-electron chi connectivity index (χ3n) is 7.01. The molecule has 3 N–H and O–H groups in total. The Morgan fingerprint density at radius 2 is 1.95 bits per heavy atom. The van der Waals surface area contributed by atoms with Crippen LogP contribution in [0.15, 0.2) is 58.3 Å². The molecular formula is C29H37FN3O9P. The Morgan fingerprint density at radius 1 is 1.26 bits per heavy atom. The zero-order chi connectivity index (χ0) is 31.6. The zero-order valence-corrected chi connectivity index (χ0v) is 25.6. The van der Waals surface area contributed by atoms with E-state index in [0.29, 0.717) is 18.0 Å². The number of aliphatic hydroxyl groups is 1. The van der Waals surface area contributed by atoms with E-state index < -0.39 is 61.4 Å². The van der Waals surface area contributed by atoms with Gasteiger partial charge < -0.3 is 19.1 Å². The fraction of sp³-hybridized carbons (Fsp3) is 0.483. The minimum atomic E-state index is -4.35. The van der Waals surface area contributed by atoms with Gasteiger partial charge in [-0.25, -0.2) is 9.36 Å². The van der Waals surface area contributed by atoms with Crippen molar-refractivity contribution in [3.05, 3.63) is 75.3 Å². The lowest BCUT2D eigenvalue weighted by Gasteiger charge is -2.28. The first-order chi connectivity index (χ1) is 20.1. The lowest BCUT2D eigenvalue weighted by Crippen LogP contribution is -2.43. The van der Waals surface area contributed by atoms with Crippen LogP contribution in [0, 0.1) is 11.2 Å². The average molecular weight is 622 g/mol. The summed E-state index contributed by atoms with van der Waals surface area (Å²) in [4.78, 5) is 38.5. The molecule has 0 aliphatic carbocycles.